The predicted octanol–water partition coefficient (Wildman–Crippen LogP) is 15.9. The number of fused-ring (bicyclic) bond motifs is 3. The zero-order chi connectivity index (χ0) is 39.8. The van der Waals surface area contributed by atoms with E-state index < -0.39 is 0 Å². The van der Waals surface area contributed by atoms with Crippen LogP contribution in [0.2, 0.25) is 0 Å². The molecule has 0 aromatic heterocycles. The molecule has 0 bridgehead atoms. The van der Waals surface area contributed by atoms with Gasteiger partial charge in [-0.2, -0.15) is 0 Å². The smallest absolute Gasteiger partial charge is 0.0621 e. The molecule has 282 valence electrons. The van der Waals surface area contributed by atoms with Gasteiger partial charge in [-0.15, -0.1) is 0 Å². The molecule has 9 aromatic carbocycles. The summed E-state index contributed by atoms with van der Waals surface area (Å²) in [5.74, 6) is 0. The zero-order valence-electron chi connectivity index (χ0n) is 33.3. The molecule has 0 fully saturated rings. The van der Waals surface area contributed by atoms with Gasteiger partial charge in [0.2, 0.25) is 0 Å². The van der Waals surface area contributed by atoms with Gasteiger partial charge in [-0.25, -0.2) is 0 Å². The first-order valence-corrected chi connectivity index (χ1v) is 20.4. The Labute approximate surface area is 347 Å². The molecule has 0 unspecified atom stereocenters. The summed E-state index contributed by atoms with van der Waals surface area (Å²) in [5, 5.41) is 0. The van der Waals surface area contributed by atoms with Crippen molar-refractivity contribution in [1.29, 1.82) is 0 Å². The summed E-state index contributed by atoms with van der Waals surface area (Å²) in [5.41, 5.74) is 19.0. The van der Waals surface area contributed by atoms with Gasteiger partial charge < -0.3 is 9.80 Å². The molecule has 0 radical (unpaired) electrons. The third-order valence-corrected chi connectivity index (χ3v) is 11.9. The van der Waals surface area contributed by atoms with E-state index in [9.17, 15) is 0 Å². The Morgan fingerprint density at radius 3 is 1.15 bits per heavy atom. The normalized spacial score (nSPS) is 12.4. The van der Waals surface area contributed by atoms with Crippen molar-refractivity contribution >= 4 is 34.1 Å². The van der Waals surface area contributed by atoms with Gasteiger partial charge in [0.05, 0.1) is 5.69 Å². The SMILES string of the molecule is CC1(C)c2ccccc2-c2c1ccc(-c1ccc(N(c3ccccc3)c3ccc(-c4ccccc4)cc3)cc1)c2N(c1ccccc1)c1ccc(-c2ccccc2)cc1. The number of para-hydroxylation sites is 2. The van der Waals surface area contributed by atoms with Crippen molar-refractivity contribution in [3.05, 3.63) is 242 Å². The second kappa shape index (κ2) is 15.2. The number of nitrogens with zero attached hydrogens (tertiary/aromatic N) is 2. The van der Waals surface area contributed by atoms with E-state index in [4.69, 9.17) is 0 Å². The van der Waals surface area contributed by atoms with Crippen LogP contribution in [0, 0.1) is 0 Å². The number of rotatable bonds is 9. The second-order valence-corrected chi connectivity index (χ2v) is 15.8. The van der Waals surface area contributed by atoms with Crippen LogP contribution in [0.5, 0.6) is 0 Å². The number of hydrogen-bond acceptors (Lipinski definition) is 2. The van der Waals surface area contributed by atoms with Crippen molar-refractivity contribution in [3.8, 4) is 44.5 Å². The highest BCUT2D eigenvalue weighted by Crippen LogP contribution is 2.57. The van der Waals surface area contributed by atoms with E-state index >= 15 is 0 Å². The summed E-state index contributed by atoms with van der Waals surface area (Å²) in [4.78, 5) is 4.81. The minimum Gasteiger partial charge on any atom is -0.311 e. The maximum absolute atomic E-state index is 2.47. The Morgan fingerprint density at radius 1 is 0.271 bits per heavy atom. The highest BCUT2D eigenvalue weighted by Gasteiger charge is 2.39. The van der Waals surface area contributed by atoms with E-state index in [1.54, 1.807) is 0 Å². The van der Waals surface area contributed by atoms with Crippen molar-refractivity contribution < 1.29 is 0 Å². The molecule has 0 heterocycles. The van der Waals surface area contributed by atoms with Crippen molar-refractivity contribution in [2.45, 2.75) is 19.3 Å². The fourth-order valence-electron chi connectivity index (χ4n) is 8.91. The predicted molar refractivity (Wildman–Crippen MR) is 250 cm³/mol. The van der Waals surface area contributed by atoms with Crippen LogP contribution in [0.3, 0.4) is 0 Å². The largest absolute Gasteiger partial charge is 0.311 e. The van der Waals surface area contributed by atoms with E-state index in [0.29, 0.717) is 0 Å². The molecule has 1 aliphatic carbocycles. The third-order valence-electron chi connectivity index (χ3n) is 11.9. The molecule has 0 amide bonds. The van der Waals surface area contributed by atoms with Crippen molar-refractivity contribution in [2.75, 3.05) is 9.80 Å². The van der Waals surface area contributed by atoms with Gasteiger partial charge in [0, 0.05) is 45.0 Å². The molecule has 2 nitrogen and oxygen atoms in total. The van der Waals surface area contributed by atoms with Crippen LogP contribution >= 0.6 is 0 Å². The lowest BCUT2D eigenvalue weighted by atomic mass is 9.81. The molecule has 2 heteroatoms. The summed E-state index contributed by atoms with van der Waals surface area (Å²) in [7, 11) is 0. The third kappa shape index (κ3) is 6.59. The average Bonchev–Trinajstić information content (AvgIpc) is 3.54. The number of anilines is 6. The van der Waals surface area contributed by atoms with Crippen LogP contribution in [0.15, 0.2) is 231 Å². The molecular formula is C57H44N2. The lowest BCUT2D eigenvalue weighted by Gasteiger charge is -2.31. The molecule has 0 saturated heterocycles. The van der Waals surface area contributed by atoms with E-state index in [1.807, 2.05) is 0 Å². The monoisotopic (exact) mass is 756 g/mol. The highest BCUT2D eigenvalue weighted by atomic mass is 15.2. The Bertz CT molecular complexity index is 2850. The summed E-state index contributed by atoms with van der Waals surface area (Å²) in [6, 6.07) is 83.4. The Morgan fingerprint density at radius 2 is 0.644 bits per heavy atom. The van der Waals surface area contributed by atoms with Crippen molar-refractivity contribution in [1.82, 2.24) is 0 Å². The van der Waals surface area contributed by atoms with Gasteiger partial charge in [0.1, 0.15) is 0 Å². The summed E-state index contributed by atoms with van der Waals surface area (Å²) in [6.07, 6.45) is 0. The second-order valence-electron chi connectivity index (χ2n) is 15.8. The summed E-state index contributed by atoms with van der Waals surface area (Å²) < 4.78 is 0. The van der Waals surface area contributed by atoms with Crippen LogP contribution in [-0.2, 0) is 5.41 Å². The van der Waals surface area contributed by atoms with Crippen LogP contribution < -0.4 is 9.80 Å². The van der Waals surface area contributed by atoms with Crippen LogP contribution in [0.4, 0.5) is 34.1 Å². The lowest BCUT2D eigenvalue weighted by molar-refractivity contribution is 0.660. The molecular weight excluding hydrogens is 713 g/mol. The van der Waals surface area contributed by atoms with Crippen LogP contribution in [0.1, 0.15) is 25.0 Å². The number of benzene rings is 9. The highest BCUT2D eigenvalue weighted by molar-refractivity contribution is 6.02. The van der Waals surface area contributed by atoms with Gasteiger partial charge in [0.15, 0.2) is 0 Å². The van der Waals surface area contributed by atoms with Gasteiger partial charge in [0.25, 0.3) is 0 Å². The van der Waals surface area contributed by atoms with E-state index in [-0.39, 0.29) is 5.41 Å². The summed E-state index contributed by atoms with van der Waals surface area (Å²) >= 11 is 0. The van der Waals surface area contributed by atoms with Gasteiger partial charge in [-0.1, -0.05) is 184 Å². The first-order valence-electron chi connectivity index (χ1n) is 20.4. The maximum Gasteiger partial charge on any atom is 0.0621 e. The fraction of sp³-hybridized carbons (Fsp3) is 0.0526. The lowest BCUT2D eigenvalue weighted by Crippen LogP contribution is -2.16. The fourth-order valence-corrected chi connectivity index (χ4v) is 8.91. The van der Waals surface area contributed by atoms with E-state index in [2.05, 4.69) is 254 Å². The minimum absolute atomic E-state index is 0.158. The maximum atomic E-state index is 2.47. The first kappa shape index (κ1) is 36.0. The first-order chi connectivity index (χ1) is 29.0. The van der Waals surface area contributed by atoms with Gasteiger partial charge in [-0.3, -0.25) is 0 Å². The molecule has 0 saturated carbocycles. The molecule has 0 atom stereocenters. The number of hydrogen-bond donors (Lipinski definition) is 0. The van der Waals surface area contributed by atoms with Gasteiger partial charge >= 0.3 is 0 Å². The van der Waals surface area contributed by atoms with Crippen LogP contribution in [-0.4, -0.2) is 0 Å². The Kier molecular flexibility index (Phi) is 9.24. The topological polar surface area (TPSA) is 6.48 Å². The van der Waals surface area contributed by atoms with E-state index in [1.165, 1.54) is 55.8 Å². The molecule has 9 aromatic rings. The van der Waals surface area contributed by atoms with Crippen molar-refractivity contribution in [3.63, 3.8) is 0 Å². The van der Waals surface area contributed by atoms with E-state index in [0.717, 1.165) is 34.0 Å². The summed E-state index contributed by atoms with van der Waals surface area (Å²) in [6.45, 7) is 4.73. The Hall–Kier alpha value is -7.42. The standard InChI is InChI=1S/C57H44N2/c1-57(2)53-26-16-15-25-52(53)55-54(57)40-39-51(56(55)59(47-23-13-6-14-24-47)50-35-29-44(30-36-50)42-19-9-4-10-20-42)45-31-37-49(38-32-45)58(46-21-11-5-12-22-46)48-33-27-43(28-34-48)41-17-7-3-8-18-41/h3-40H,1-2H3. The van der Waals surface area contributed by atoms with Crippen LogP contribution in [0.25, 0.3) is 44.5 Å². The minimum atomic E-state index is -0.158. The molecule has 0 N–H and O–H groups in total. The average molecular weight is 757 g/mol. The van der Waals surface area contributed by atoms with Crippen molar-refractivity contribution in [2.24, 2.45) is 0 Å². The Balaban J connectivity index is 1.14. The quantitative estimate of drug-likeness (QED) is 0.145. The molecule has 1 aliphatic rings. The van der Waals surface area contributed by atoms with Gasteiger partial charge in [-0.05, 0) is 105 Å². The molecule has 59 heavy (non-hydrogen) atoms. The molecule has 0 aliphatic heterocycles. The zero-order valence-corrected chi connectivity index (χ0v) is 33.3. The molecule has 10 rings (SSSR count). The molecule has 0 spiro atoms.